The average molecular weight is 250 g/mol. The molecule has 0 saturated heterocycles. The summed E-state index contributed by atoms with van der Waals surface area (Å²) in [7, 11) is 0. The average Bonchev–Trinajstić information content (AvgIpc) is 2.28. The zero-order valence-corrected chi connectivity index (χ0v) is 11.8. The monoisotopic (exact) mass is 250 g/mol. The van der Waals surface area contributed by atoms with Crippen molar-refractivity contribution in [2.75, 3.05) is 0 Å². The smallest absolute Gasteiger partial charge is 0.428 e. The van der Waals surface area contributed by atoms with Crippen LogP contribution in [0.1, 0.15) is 34.6 Å². The van der Waals surface area contributed by atoms with Crippen molar-refractivity contribution >= 4 is 6.16 Å². The van der Waals surface area contributed by atoms with Gasteiger partial charge in [-0.15, -0.1) is 0 Å². The van der Waals surface area contributed by atoms with Gasteiger partial charge in [-0.3, -0.25) is 0 Å². The molecule has 0 fully saturated rings. The van der Waals surface area contributed by atoms with Gasteiger partial charge in [0.2, 0.25) is 0 Å². The van der Waals surface area contributed by atoms with E-state index in [0.717, 1.165) is 0 Å². The van der Waals surface area contributed by atoms with Crippen LogP contribution in [0.3, 0.4) is 0 Å². The Balaban J connectivity index is 2.59. The second kappa shape index (κ2) is 5.89. The van der Waals surface area contributed by atoms with Crippen LogP contribution < -0.4 is 4.74 Å². The molecule has 0 amide bonds. The molecule has 0 aromatic heterocycles. The van der Waals surface area contributed by atoms with E-state index in [0.29, 0.717) is 11.7 Å². The molecule has 0 bridgehead atoms. The second-order valence-corrected chi connectivity index (χ2v) is 5.40. The van der Waals surface area contributed by atoms with Crippen LogP contribution in [-0.2, 0) is 4.74 Å². The maximum absolute atomic E-state index is 11.7. The zero-order valence-electron chi connectivity index (χ0n) is 11.8. The van der Waals surface area contributed by atoms with Crippen LogP contribution >= 0.6 is 0 Å². The summed E-state index contributed by atoms with van der Waals surface area (Å²) >= 11 is 0. The van der Waals surface area contributed by atoms with Crippen molar-refractivity contribution in [2.45, 2.75) is 40.2 Å². The van der Waals surface area contributed by atoms with E-state index < -0.39 is 11.8 Å². The Morgan fingerprint density at radius 3 is 2.17 bits per heavy atom. The molecule has 0 radical (unpaired) electrons. The van der Waals surface area contributed by atoms with Gasteiger partial charge in [-0.1, -0.05) is 39.0 Å². The van der Waals surface area contributed by atoms with Crippen molar-refractivity contribution in [3.8, 4) is 5.75 Å². The minimum atomic E-state index is -0.654. The lowest BCUT2D eigenvalue weighted by atomic mass is 9.83. The van der Waals surface area contributed by atoms with E-state index in [4.69, 9.17) is 9.47 Å². The molecule has 100 valence electrons. The SMILES string of the molecule is CC(C)C(C)C(C)(C)OC(=O)Oc1ccccc1. The van der Waals surface area contributed by atoms with Gasteiger partial charge in [-0.05, 0) is 37.8 Å². The van der Waals surface area contributed by atoms with Crippen molar-refractivity contribution < 1.29 is 14.3 Å². The highest BCUT2D eigenvalue weighted by atomic mass is 16.7. The third-order valence-corrected chi connectivity index (χ3v) is 3.39. The van der Waals surface area contributed by atoms with Crippen LogP contribution in [0.25, 0.3) is 0 Å². The lowest BCUT2D eigenvalue weighted by Gasteiger charge is -2.33. The summed E-state index contributed by atoms with van der Waals surface area (Å²) in [4.78, 5) is 11.7. The predicted octanol–water partition coefficient (Wildman–Crippen LogP) is 4.27. The number of hydrogen-bond acceptors (Lipinski definition) is 3. The van der Waals surface area contributed by atoms with E-state index in [2.05, 4.69) is 20.8 Å². The Labute approximate surface area is 109 Å². The maximum atomic E-state index is 11.7. The molecule has 0 spiro atoms. The summed E-state index contributed by atoms with van der Waals surface area (Å²) in [5.74, 6) is 1.18. The lowest BCUT2D eigenvalue weighted by Crippen LogP contribution is -2.38. The third-order valence-electron chi connectivity index (χ3n) is 3.39. The molecule has 0 aliphatic rings. The predicted molar refractivity (Wildman–Crippen MR) is 71.6 cm³/mol. The first kappa shape index (κ1) is 14.6. The fourth-order valence-corrected chi connectivity index (χ4v) is 1.72. The third kappa shape index (κ3) is 4.06. The van der Waals surface area contributed by atoms with Gasteiger partial charge in [0.05, 0.1) is 0 Å². The largest absolute Gasteiger partial charge is 0.514 e. The molecule has 1 aromatic rings. The minimum absolute atomic E-state index is 0.251. The van der Waals surface area contributed by atoms with Gasteiger partial charge in [0, 0.05) is 0 Å². The van der Waals surface area contributed by atoms with E-state index in [1.807, 2.05) is 32.0 Å². The number of ether oxygens (including phenoxy) is 2. The quantitative estimate of drug-likeness (QED) is 0.591. The molecule has 1 rings (SSSR count). The Kier molecular flexibility index (Phi) is 4.76. The van der Waals surface area contributed by atoms with Crippen molar-refractivity contribution in [1.82, 2.24) is 0 Å². The summed E-state index contributed by atoms with van der Waals surface area (Å²) in [6.45, 7) is 10.1. The van der Waals surface area contributed by atoms with Gasteiger partial charge >= 0.3 is 6.16 Å². The summed E-state index contributed by atoms with van der Waals surface area (Å²) in [5.41, 5.74) is -0.542. The van der Waals surface area contributed by atoms with Gasteiger partial charge < -0.3 is 9.47 Å². The highest BCUT2D eigenvalue weighted by molar-refractivity contribution is 5.64. The van der Waals surface area contributed by atoms with Crippen LogP contribution in [0, 0.1) is 11.8 Å². The minimum Gasteiger partial charge on any atom is -0.428 e. The standard InChI is InChI=1S/C15H22O3/c1-11(2)12(3)15(4,5)18-14(16)17-13-9-7-6-8-10-13/h6-12H,1-5H3. The fraction of sp³-hybridized carbons (Fsp3) is 0.533. The van der Waals surface area contributed by atoms with Crippen molar-refractivity contribution in [2.24, 2.45) is 11.8 Å². The first-order chi connectivity index (χ1) is 8.33. The molecule has 1 unspecified atom stereocenters. The summed E-state index contributed by atoms with van der Waals surface area (Å²) in [6, 6.07) is 8.93. The fourth-order valence-electron chi connectivity index (χ4n) is 1.72. The first-order valence-electron chi connectivity index (χ1n) is 6.29. The van der Waals surface area contributed by atoms with Gasteiger partial charge in [0.15, 0.2) is 0 Å². The van der Waals surface area contributed by atoms with Crippen LogP contribution in [-0.4, -0.2) is 11.8 Å². The summed E-state index contributed by atoms with van der Waals surface area (Å²) in [5, 5.41) is 0. The van der Waals surface area contributed by atoms with E-state index in [1.54, 1.807) is 12.1 Å². The molecule has 1 atom stereocenters. The van der Waals surface area contributed by atoms with Gasteiger partial charge in [-0.25, -0.2) is 4.79 Å². The zero-order chi connectivity index (χ0) is 13.8. The molecule has 0 aliphatic carbocycles. The topological polar surface area (TPSA) is 35.5 Å². The van der Waals surface area contributed by atoms with Crippen LogP contribution in [0.15, 0.2) is 30.3 Å². The molecular weight excluding hydrogens is 228 g/mol. The molecule has 18 heavy (non-hydrogen) atoms. The van der Waals surface area contributed by atoms with Crippen LogP contribution in [0.4, 0.5) is 4.79 Å². The van der Waals surface area contributed by atoms with Crippen LogP contribution in [0.2, 0.25) is 0 Å². The van der Waals surface area contributed by atoms with E-state index >= 15 is 0 Å². The van der Waals surface area contributed by atoms with Crippen molar-refractivity contribution in [3.05, 3.63) is 30.3 Å². The second-order valence-electron chi connectivity index (χ2n) is 5.40. The number of benzene rings is 1. The Hall–Kier alpha value is -1.51. The molecule has 0 aliphatic heterocycles. The van der Waals surface area contributed by atoms with Crippen molar-refractivity contribution in [1.29, 1.82) is 0 Å². The number of rotatable bonds is 4. The lowest BCUT2D eigenvalue weighted by molar-refractivity contribution is -0.0357. The number of para-hydroxylation sites is 1. The Morgan fingerprint density at radius 2 is 1.67 bits per heavy atom. The molecule has 1 aromatic carbocycles. The molecule has 0 N–H and O–H groups in total. The van der Waals surface area contributed by atoms with Gasteiger partial charge in [0.25, 0.3) is 0 Å². The normalized spacial score (nSPS) is 13.2. The highest BCUT2D eigenvalue weighted by Gasteiger charge is 2.32. The van der Waals surface area contributed by atoms with Gasteiger partial charge in [-0.2, -0.15) is 0 Å². The van der Waals surface area contributed by atoms with Gasteiger partial charge in [0.1, 0.15) is 11.4 Å². The number of hydrogen-bond donors (Lipinski definition) is 0. The van der Waals surface area contributed by atoms with Crippen molar-refractivity contribution in [3.63, 3.8) is 0 Å². The number of carbonyl (C=O) groups is 1. The summed E-state index contributed by atoms with van der Waals surface area (Å²) < 4.78 is 10.5. The Morgan fingerprint density at radius 1 is 1.11 bits per heavy atom. The molecule has 0 heterocycles. The molecule has 3 heteroatoms. The van der Waals surface area contributed by atoms with E-state index in [9.17, 15) is 4.79 Å². The Bertz CT molecular complexity index is 382. The molecule has 0 saturated carbocycles. The van der Waals surface area contributed by atoms with E-state index in [1.165, 1.54) is 0 Å². The van der Waals surface area contributed by atoms with Crippen LogP contribution in [0.5, 0.6) is 5.75 Å². The number of carbonyl (C=O) groups excluding carboxylic acids is 1. The molecular formula is C15H22O3. The van der Waals surface area contributed by atoms with E-state index in [-0.39, 0.29) is 5.92 Å². The maximum Gasteiger partial charge on any atom is 0.514 e. The first-order valence-corrected chi connectivity index (χ1v) is 6.29. The molecule has 3 nitrogen and oxygen atoms in total. The highest BCUT2D eigenvalue weighted by Crippen LogP contribution is 2.28. The summed E-state index contributed by atoms with van der Waals surface area (Å²) in [6.07, 6.45) is -0.654.